The van der Waals surface area contributed by atoms with E-state index in [1.165, 1.54) is 22.2 Å². The number of nitrogens with one attached hydrogen (secondary N) is 1. The van der Waals surface area contributed by atoms with E-state index in [-0.39, 0.29) is 5.69 Å². The minimum Gasteiger partial charge on any atom is -0.477 e. The van der Waals surface area contributed by atoms with E-state index < -0.39 is 17.3 Å². The van der Waals surface area contributed by atoms with E-state index in [9.17, 15) is 14.7 Å². The Bertz CT molecular complexity index is 399. The number of aromatic nitrogens is 1. The van der Waals surface area contributed by atoms with Gasteiger partial charge in [-0.25, -0.2) is 9.78 Å². The Labute approximate surface area is 103 Å². The number of hydrogen-bond donors (Lipinski definition) is 2. The van der Waals surface area contributed by atoms with E-state index in [2.05, 4.69) is 10.3 Å². The fraction of sp³-hybridized carbons (Fsp3) is 0.500. The summed E-state index contributed by atoms with van der Waals surface area (Å²) >= 11 is 1.23. The van der Waals surface area contributed by atoms with Gasteiger partial charge in [0.15, 0.2) is 0 Å². The SMILES string of the molecule is CC(C)(C)OC(NC=O)(C(=O)O)c1cscn1. The lowest BCUT2D eigenvalue weighted by molar-refractivity contribution is -0.197. The highest BCUT2D eigenvalue weighted by atomic mass is 32.1. The molecule has 7 heteroatoms. The van der Waals surface area contributed by atoms with Crippen LogP contribution in [0.25, 0.3) is 0 Å². The molecule has 0 saturated carbocycles. The van der Waals surface area contributed by atoms with Crippen molar-refractivity contribution in [2.75, 3.05) is 0 Å². The topological polar surface area (TPSA) is 88.5 Å². The van der Waals surface area contributed by atoms with Crippen LogP contribution in [0.3, 0.4) is 0 Å². The first-order valence-corrected chi connectivity index (χ1v) is 5.80. The molecule has 0 spiro atoms. The van der Waals surface area contributed by atoms with Gasteiger partial charge in [0.05, 0.1) is 11.1 Å². The van der Waals surface area contributed by atoms with Gasteiger partial charge in [-0.3, -0.25) is 4.79 Å². The monoisotopic (exact) mass is 258 g/mol. The number of carbonyl (C=O) groups is 2. The van der Waals surface area contributed by atoms with E-state index in [1.807, 2.05) is 0 Å². The first-order valence-electron chi connectivity index (χ1n) is 4.85. The van der Waals surface area contributed by atoms with Crippen molar-refractivity contribution in [2.45, 2.75) is 32.1 Å². The quantitative estimate of drug-likeness (QED) is 0.606. The van der Waals surface area contributed by atoms with E-state index in [4.69, 9.17) is 4.74 Å². The Kier molecular flexibility index (Phi) is 3.84. The molecule has 94 valence electrons. The van der Waals surface area contributed by atoms with Gasteiger partial charge in [0.1, 0.15) is 5.69 Å². The second kappa shape index (κ2) is 4.80. The average Bonchev–Trinajstić information content (AvgIpc) is 2.67. The molecule has 1 atom stereocenters. The molecule has 1 rings (SSSR count). The molecule has 1 heterocycles. The van der Waals surface area contributed by atoms with Crippen molar-refractivity contribution in [1.29, 1.82) is 0 Å². The Balaban J connectivity index is 3.23. The van der Waals surface area contributed by atoms with E-state index in [0.29, 0.717) is 6.41 Å². The molecule has 1 aromatic heterocycles. The fourth-order valence-electron chi connectivity index (χ4n) is 1.30. The summed E-state index contributed by atoms with van der Waals surface area (Å²) in [6.07, 6.45) is 0.291. The predicted octanol–water partition coefficient (Wildman–Crippen LogP) is 0.942. The largest absolute Gasteiger partial charge is 0.477 e. The lowest BCUT2D eigenvalue weighted by Gasteiger charge is -2.34. The first kappa shape index (κ1) is 13.6. The molecule has 0 bridgehead atoms. The number of nitrogens with zero attached hydrogens (tertiary/aromatic N) is 1. The zero-order valence-corrected chi connectivity index (χ0v) is 10.6. The summed E-state index contributed by atoms with van der Waals surface area (Å²) in [7, 11) is 0. The molecular formula is C10H14N2O4S. The van der Waals surface area contributed by atoms with Crippen molar-refractivity contribution in [3.8, 4) is 0 Å². The lowest BCUT2D eigenvalue weighted by atomic mass is 10.1. The fourth-order valence-corrected chi connectivity index (χ4v) is 1.89. The third-order valence-corrected chi connectivity index (χ3v) is 2.40. The van der Waals surface area contributed by atoms with E-state index in [1.54, 1.807) is 20.8 Å². The summed E-state index contributed by atoms with van der Waals surface area (Å²) in [4.78, 5) is 25.9. The number of carboxylic acids is 1. The molecule has 1 unspecified atom stereocenters. The van der Waals surface area contributed by atoms with Crippen LogP contribution in [0.1, 0.15) is 26.5 Å². The van der Waals surface area contributed by atoms with Gasteiger partial charge in [0, 0.05) is 5.38 Å². The summed E-state index contributed by atoms with van der Waals surface area (Å²) in [6.45, 7) is 5.09. The van der Waals surface area contributed by atoms with Gasteiger partial charge in [0.25, 0.3) is 5.72 Å². The van der Waals surface area contributed by atoms with Crippen LogP contribution in [-0.4, -0.2) is 28.1 Å². The normalized spacial score (nSPS) is 15.0. The number of aliphatic carboxylic acids is 1. The van der Waals surface area contributed by atoms with Crippen LogP contribution < -0.4 is 5.32 Å². The van der Waals surface area contributed by atoms with Crippen LogP contribution in [0.2, 0.25) is 0 Å². The molecule has 0 radical (unpaired) electrons. The van der Waals surface area contributed by atoms with Crippen LogP contribution in [0.5, 0.6) is 0 Å². The molecule has 17 heavy (non-hydrogen) atoms. The third kappa shape index (κ3) is 3.01. The number of rotatable bonds is 5. The van der Waals surface area contributed by atoms with Gasteiger partial charge in [-0.15, -0.1) is 11.3 Å². The number of thiazole rings is 1. The predicted molar refractivity (Wildman–Crippen MR) is 61.5 cm³/mol. The first-order chi connectivity index (χ1) is 7.82. The van der Waals surface area contributed by atoms with Crippen molar-refractivity contribution in [1.82, 2.24) is 10.3 Å². The summed E-state index contributed by atoms with van der Waals surface area (Å²) in [5.41, 5.74) is -1.07. The highest BCUT2D eigenvalue weighted by Crippen LogP contribution is 2.28. The highest BCUT2D eigenvalue weighted by Gasteiger charge is 2.46. The summed E-state index contributed by atoms with van der Waals surface area (Å²) in [5, 5.41) is 13.0. The molecule has 0 aliphatic carbocycles. The molecule has 0 saturated heterocycles. The number of ether oxygens (including phenoxy) is 1. The number of carboxylic acid groups (broad SMARTS) is 1. The Morgan fingerprint density at radius 1 is 1.59 bits per heavy atom. The van der Waals surface area contributed by atoms with Crippen LogP contribution in [0, 0.1) is 0 Å². The van der Waals surface area contributed by atoms with Gasteiger partial charge in [-0.05, 0) is 20.8 Å². The molecule has 0 aromatic carbocycles. The Hall–Kier alpha value is -1.47. The van der Waals surface area contributed by atoms with Crippen molar-refractivity contribution in [3.05, 3.63) is 16.6 Å². The number of carbonyl (C=O) groups excluding carboxylic acids is 1. The zero-order valence-electron chi connectivity index (χ0n) is 9.76. The summed E-state index contributed by atoms with van der Waals surface area (Å²) in [5.74, 6) is -1.31. The molecular weight excluding hydrogens is 244 g/mol. The van der Waals surface area contributed by atoms with Crippen LogP contribution in [0.15, 0.2) is 10.9 Å². The van der Waals surface area contributed by atoms with Crippen molar-refractivity contribution >= 4 is 23.7 Å². The van der Waals surface area contributed by atoms with Crippen molar-refractivity contribution in [3.63, 3.8) is 0 Å². The second-order valence-corrected chi connectivity index (χ2v) is 5.06. The third-order valence-electron chi connectivity index (χ3n) is 1.82. The standard InChI is InChI=1S/C10H14N2O4S/c1-9(2,3)16-10(8(14)15,12-5-13)7-4-17-6-11-7/h4-6H,1-3H3,(H,12,13)(H,14,15). The van der Waals surface area contributed by atoms with Gasteiger partial charge < -0.3 is 15.2 Å². The van der Waals surface area contributed by atoms with E-state index >= 15 is 0 Å². The van der Waals surface area contributed by atoms with E-state index in [0.717, 1.165) is 0 Å². The average molecular weight is 258 g/mol. The Morgan fingerprint density at radius 3 is 2.59 bits per heavy atom. The molecule has 6 nitrogen and oxygen atoms in total. The summed E-state index contributed by atoms with van der Waals surface area (Å²) < 4.78 is 5.47. The van der Waals surface area contributed by atoms with Crippen LogP contribution in [0.4, 0.5) is 0 Å². The van der Waals surface area contributed by atoms with Crippen LogP contribution >= 0.6 is 11.3 Å². The maximum absolute atomic E-state index is 11.4. The lowest BCUT2D eigenvalue weighted by Crippen LogP contribution is -2.54. The summed E-state index contributed by atoms with van der Waals surface area (Å²) in [6, 6.07) is 0. The molecule has 0 aliphatic rings. The minimum absolute atomic E-state index is 0.150. The zero-order chi connectivity index (χ0) is 13.1. The highest BCUT2D eigenvalue weighted by molar-refractivity contribution is 7.07. The van der Waals surface area contributed by atoms with Crippen molar-refractivity contribution < 1.29 is 19.4 Å². The van der Waals surface area contributed by atoms with Gasteiger partial charge in [-0.2, -0.15) is 0 Å². The Morgan fingerprint density at radius 2 is 2.24 bits per heavy atom. The minimum atomic E-state index is -1.94. The maximum Gasteiger partial charge on any atom is 0.364 e. The molecule has 0 aliphatic heterocycles. The van der Waals surface area contributed by atoms with Gasteiger partial charge in [-0.1, -0.05) is 0 Å². The maximum atomic E-state index is 11.4. The molecule has 0 fully saturated rings. The smallest absolute Gasteiger partial charge is 0.364 e. The molecule has 1 aromatic rings. The van der Waals surface area contributed by atoms with Crippen molar-refractivity contribution in [2.24, 2.45) is 0 Å². The van der Waals surface area contributed by atoms with Gasteiger partial charge in [0.2, 0.25) is 6.41 Å². The second-order valence-electron chi connectivity index (χ2n) is 4.34. The molecule has 1 amide bonds. The number of hydrogen-bond acceptors (Lipinski definition) is 5. The van der Waals surface area contributed by atoms with Gasteiger partial charge >= 0.3 is 5.97 Å². The van der Waals surface area contributed by atoms with Crippen LogP contribution in [-0.2, 0) is 20.1 Å². The number of amides is 1. The molecule has 2 N–H and O–H groups in total.